The minimum Gasteiger partial charge on any atom is -0.488 e. The van der Waals surface area contributed by atoms with Crippen LogP contribution in [0.4, 0.5) is 10.5 Å². The van der Waals surface area contributed by atoms with Gasteiger partial charge < -0.3 is 24.3 Å². The quantitative estimate of drug-likeness (QED) is 0.373. The molecule has 1 amide bonds. The number of nitro groups is 1. The van der Waals surface area contributed by atoms with Crippen molar-refractivity contribution in [3.63, 3.8) is 0 Å². The molecule has 2 atom stereocenters. The summed E-state index contributed by atoms with van der Waals surface area (Å²) in [5.74, 6) is -0.459. The third-order valence-electron chi connectivity index (χ3n) is 3.59. The van der Waals surface area contributed by atoms with Gasteiger partial charge in [0.15, 0.2) is 0 Å². The summed E-state index contributed by atoms with van der Waals surface area (Å²) in [5.41, 5.74) is -0.783. The van der Waals surface area contributed by atoms with Gasteiger partial charge in [-0.2, -0.15) is 0 Å². The second kappa shape index (κ2) is 10.6. The lowest BCUT2D eigenvalue weighted by molar-refractivity contribution is -0.385. The maximum atomic E-state index is 12.1. The minimum atomic E-state index is -1.16. The molecule has 29 heavy (non-hydrogen) atoms. The maximum Gasteiger partial charge on any atom is 0.408 e. The van der Waals surface area contributed by atoms with Gasteiger partial charge in [0.2, 0.25) is 0 Å². The molecule has 0 aliphatic rings. The number of carbonyl (C=O) groups excluding carboxylic acids is 2. The topological polar surface area (TPSA) is 126 Å². The van der Waals surface area contributed by atoms with Crippen molar-refractivity contribution >= 4 is 17.7 Å². The summed E-state index contributed by atoms with van der Waals surface area (Å²) in [7, 11) is 2.69. The Morgan fingerprint density at radius 2 is 1.90 bits per heavy atom. The van der Waals surface area contributed by atoms with E-state index in [4.69, 9.17) is 18.9 Å². The van der Waals surface area contributed by atoms with Crippen LogP contribution in [-0.4, -0.2) is 55.6 Å². The number of amides is 1. The first kappa shape index (κ1) is 24.2. The van der Waals surface area contributed by atoms with Gasteiger partial charge in [-0.25, -0.2) is 9.59 Å². The molecule has 1 N–H and O–H groups in total. The van der Waals surface area contributed by atoms with E-state index in [1.807, 2.05) is 0 Å². The number of alkyl carbamates (subject to hydrolysis) is 1. The average Bonchev–Trinajstić information content (AvgIpc) is 2.60. The lowest BCUT2D eigenvalue weighted by Crippen LogP contribution is -2.45. The highest BCUT2D eigenvalue weighted by Gasteiger charge is 2.28. The van der Waals surface area contributed by atoms with Gasteiger partial charge in [-0.1, -0.05) is 0 Å². The van der Waals surface area contributed by atoms with Crippen LogP contribution in [0, 0.1) is 10.1 Å². The number of methoxy groups -OCH3 is 2. The fraction of sp³-hybridized carbons (Fsp3) is 0.579. The zero-order valence-corrected chi connectivity index (χ0v) is 17.5. The van der Waals surface area contributed by atoms with Gasteiger partial charge in [0, 0.05) is 19.1 Å². The van der Waals surface area contributed by atoms with Crippen LogP contribution in [0.15, 0.2) is 18.2 Å². The van der Waals surface area contributed by atoms with E-state index in [2.05, 4.69) is 5.32 Å². The molecule has 0 fully saturated rings. The Balaban J connectivity index is 3.06. The Morgan fingerprint density at radius 3 is 2.41 bits per heavy atom. The number of hydrogen-bond donors (Lipinski definition) is 1. The van der Waals surface area contributed by atoms with E-state index in [1.165, 1.54) is 19.2 Å². The van der Waals surface area contributed by atoms with Crippen molar-refractivity contribution in [2.24, 2.45) is 0 Å². The van der Waals surface area contributed by atoms with E-state index in [1.54, 1.807) is 33.8 Å². The summed E-state index contributed by atoms with van der Waals surface area (Å²) < 4.78 is 20.4. The number of ether oxygens (including phenoxy) is 4. The van der Waals surface area contributed by atoms with Crippen LogP contribution >= 0.6 is 0 Å². The monoisotopic (exact) mass is 412 g/mol. The van der Waals surface area contributed by atoms with Gasteiger partial charge >= 0.3 is 12.1 Å². The minimum absolute atomic E-state index is 0.157. The first-order valence-electron chi connectivity index (χ1n) is 8.97. The summed E-state index contributed by atoms with van der Waals surface area (Å²) in [6.45, 7) is 7.11. The highest BCUT2D eigenvalue weighted by molar-refractivity contribution is 5.82. The standard InChI is InChI=1S/C19H28N2O8/c1-12(11-26-5)28-14-8-7-13(16(10-14)21(24)25)9-15(17(22)27-6)20-18(23)29-19(2,3)4/h7-8,10,12,15H,9,11H2,1-6H3,(H,20,23). The molecule has 1 rings (SSSR count). The highest BCUT2D eigenvalue weighted by atomic mass is 16.6. The normalized spacial score (nSPS) is 13.2. The molecule has 1 aromatic rings. The van der Waals surface area contributed by atoms with Crippen molar-refractivity contribution in [2.75, 3.05) is 20.8 Å². The van der Waals surface area contributed by atoms with Gasteiger partial charge in [0.1, 0.15) is 23.5 Å². The Labute approximate surface area is 169 Å². The number of rotatable bonds is 9. The van der Waals surface area contributed by atoms with Crippen LogP contribution in [0.2, 0.25) is 0 Å². The summed E-state index contributed by atoms with van der Waals surface area (Å²) in [5, 5.41) is 13.9. The number of carbonyl (C=O) groups is 2. The summed E-state index contributed by atoms with van der Waals surface area (Å²) >= 11 is 0. The molecule has 0 saturated heterocycles. The van der Waals surface area contributed by atoms with Gasteiger partial charge in [0.05, 0.1) is 24.7 Å². The molecule has 0 saturated carbocycles. The van der Waals surface area contributed by atoms with Crippen LogP contribution in [-0.2, 0) is 25.4 Å². The lowest BCUT2D eigenvalue weighted by Gasteiger charge is -2.22. The fourth-order valence-electron chi connectivity index (χ4n) is 2.47. The number of hydrogen-bond acceptors (Lipinski definition) is 8. The van der Waals surface area contributed by atoms with Gasteiger partial charge in [-0.15, -0.1) is 0 Å². The van der Waals surface area contributed by atoms with Gasteiger partial charge in [0.25, 0.3) is 5.69 Å². The molecule has 0 aliphatic carbocycles. The molecule has 2 unspecified atom stereocenters. The molecule has 10 nitrogen and oxygen atoms in total. The second-order valence-electron chi connectivity index (χ2n) is 7.36. The molecule has 1 aromatic carbocycles. The van der Waals surface area contributed by atoms with Crippen LogP contribution < -0.4 is 10.1 Å². The molecule has 0 aliphatic heterocycles. The van der Waals surface area contributed by atoms with E-state index in [0.717, 1.165) is 7.11 Å². The zero-order valence-electron chi connectivity index (χ0n) is 17.5. The predicted octanol–water partition coefficient (Wildman–Crippen LogP) is 2.62. The molecule has 0 aromatic heterocycles. The molecular formula is C19H28N2O8. The Morgan fingerprint density at radius 1 is 1.24 bits per heavy atom. The van der Waals surface area contributed by atoms with Crippen molar-refractivity contribution in [3.8, 4) is 5.75 Å². The molecule has 0 heterocycles. The SMILES string of the molecule is COCC(C)Oc1ccc(CC(NC(=O)OC(C)(C)C)C(=O)OC)c([N+](=O)[O-])c1. The average molecular weight is 412 g/mol. The molecular weight excluding hydrogens is 384 g/mol. The van der Waals surface area contributed by atoms with Crippen LogP contribution in [0.25, 0.3) is 0 Å². The first-order chi connectivity index (χ1) is 13.5. The molecule has 162 valence electrons. The van der Waals surface area contributed by atoms with E-state index >= 15 is 0 Å². The summed E-state index contributed by atoms with van der Waals surface area (Å²) in [6.07, 6.45) is -1.29. The molecule has 10 heteroatoms. The van der Waals surface area contributed by atoms with E-state index in [-0.39, 0.29) is 23.8 Å². The maximum absolute atomic E-state index is 12.1. The van der Waals surface area contributed by atoms with Gasteiger partial charge in [-0.3, -0.25) is 10.1 Å². The van der Waals surface area contributed by atoms with Crippen molar-refractivity contribution in [1.29, 1.82) is 0 Å². The lowest BCUT2D eigenvalue weighted by atomic mass is 10.0. The molecule has 0 spiro atoms. The van der Waals surface area contributed by atoms with Crippen molar-refractivity contribution in [2.45, 2.75) is 51.9 Å². The number of benzene rings is 1. The van der Waals surface area contributed by atoms with Gasteiger partial charge in [-0.05, 0) is 39.8 Å². The zero-order chi connectivity index (χ0) is 22.2. The van der Waals surface area contributed by atoms with Crippen LogP contribution in [0.3, 0.4) is 0 Å². The number of esters is 1. The Hall–Kier alpha value is -2.88. The Bertz CT molecular complexity index is 729. The highest BCUT2D eigenvalue weighted by Crippen LogP contribution is 2.27. The number of nitrogens with one attached hydrogen (secondary N) is 1. The number of nitrogens with zero attached hydrogens (tertiary/aromatic N) is 1. The van der Waals surface area contributed by atoms with E-state index in [9.17, 15) is 19.7 Å². The van der Waals surface area contributed by atoms with Crippen molar-refractivity contribution in [3.05, 3.63) is 33.9 Å². The third-order valence-corrected chi connectivity index (χ3v) is 3.59. The van der Waals surface area contributed by atoms with E-state index in [0.29, 0.717) is 12.4 Å². The van der Waals surface area contributed by atoms with Crippen LogP contribution in [0.1, 0.15) is 33.3 Å². The van der Waals surface area contributed by atoms with E-state index < -0.39 is 28.6 Å². The Kier molecular flexibility index (Phi) is 8.84. The summed E-state index contributed by atoms with van der Waals surface area (Å²) in [4.78, 5) is 35.0. The summed E-state index contributed by atoms with van der Waals surface area (Å²) in [6, 6.07) is 3.13. The smallest absolute Gasteiger partial charge is 0.408 e. The first-order valence-corrected chi connectivity index (χ1v) is 8.97. The molecule has 0 radical (unpaired) electrons. The van der Waals surface area contributed by atoms with Crippen LogP contribution in [0.5, 0.6) is 5.75 Å². The third kappa shape index (κ3) is 8.34. The predicted molar refractivity (Wildman–Crippen MR) is 104 cm³/mol. The second-order valence-corrected chi connectivity index (χ2v) is 7.36. The largest absolute Gasteiger partial charge is 0.488 e. The fourth-order valence-corrected chi connectivity index (χ4v) is 2.47. The number of nitro benzene ring substituents is 1. The van der Waals surface area contributed by atoms with Crippen molar-refractivity contribution < 1.29 is 33.5 Å². The molecule has 0 bridgehead atoms. The van der Waals surface area contributed by atoms with Crippen molar-refractivity contribution in [1.82, 2.24) is 5.32 Å².